The summed E-state index contributed by atoms with van der Waals surface area (Å²) >= 11 is 0. The van der Waals surface area contributed by atoms with Gasteiger partial charge in [0.25, 0.3) is 0 Å². The van der Waals surface area contributed by atoms with Gasteiger partial charge in [0.1, 0.15) is 6.10 Å². The SMILES string of the molecule is CC/C=C/C/C=C/C/C=C/CCCCCCC(=O)OC(CCCCC/C=C/C=C/C=C/CCCCCCC)CC(=O)NC(CO)C(O)CCCCCCCCCCCCC. The molecule has 0 rings (SSSR count). The Labute approximate surface area is 371 Å². The Bertz CT molecular complexity index is 1120. The van der Waals surface area contributed by atoms with E-state index in [0.717, 1.165) is 103 Å². The van der Waals surface area contributed by atoms with Gasteiger partial charge in [0.15, 0.2) is 0 Å². The van der Waals surface area contributed by atoms with Gasteiger partial charge in [-0.15, -0.1) is 0 Å². The van der Waals surface area contributed by atoms with Crippen molar-refractivity contribution >= 4 is 11.9 Å². The predicted molar refractivity (Wildman–Crippen MR) is 259 cm³/mol. The summed E-state index contributed by atoms with van der Waals surface area (Å²) in [7, 11) is 0. The Hall–Kier alpha value is -2.70. The Morgan fingerprint density at radius 2 is 0.967 bits per heavy atom. The first-order valence-corrected chi connectivity index (χ1v) is 25.2. The molecule has 0 fully saturated rings. The van der Waals surface area contributed by atoms with E-state index in [9.17, 15) is 19.8 Å². The molecule has 0 saturated heterocycles. The maximum absolute atomic E-state index is 13.2. The molecule has 3 atom stereocenters. The Kier molecular flexibility index (Phi) is 45.2. The van der Waals surface area contributed by atoms with Crippen LogP contribution >= 0.6 is 0 Å². The van der Waals surface area contributed by atoms with E-state index < -0.39 is 18.2 Å². The highest BCUT2D eigenvalue weighted by Crippen LogP contribution is 2.17. The molecule has 0 aromatic carbocycles. The van der Waals surface area contributed by atoms with Crippen LogP contribution < -0.4 is 5.32 Å². The number of rotatable bonds is 44. The quantitative estimate of drug-likeness (QED) is 0.0246. The summed E-state index contributed by atoms with van der Waals surface area (Å²) in [6.07, 6.45) is 59.6. The molecule has 3 N–H and O–H groups in total. The maximum atomic E-state index is 13.2. The third-order valence-electron chi connectivity index (χ3n) is 11.1. The monoisotopic (exact) mass is 838 g/mol. The average Bonchev–Trinajstić information content (AvgIpc) is 3.24. The molecule has 6 heteroatoms. The van der Waals surface area contributed by atoms with Crippen molar-refractivity contribution in [1.82, 2.24) is 5.32 Å². The number of amides is 1. The highest BCUT2D eigenvalue weighted by Gasteiger charge is 2.24. The third-order valence-corrected chi connectivity index (χ3v) is 11.1. The molecule has 0 radical (unpaired) electrons. The smallest absolute Gasteiger partial charge is 0.306 e. The van der Waals surface area contributed by atoms with Crippen molar-refractivity contribution in [2.24, 2.45) is 0 Å². The van der Waals surface area contributed by atoms with Gasteiger partial charge in [-0.25, -0.2) is 0 Å². The molecule has 0 spiro atoms. The van der Waals surface area contributed by atoms with Crippen molar-refractivity contribution in [3.05, 3.63) is 72.9 Å². The fourth-order valence-corrected chi connectivity index (χ4v) is 7.27. The number of carbonyl (C=O) groups excluding carboxylic acids is 2. The second-order valence-electron chi connectivity index (χ2n) is 16.9. The first-order chi connectivity index (χ1) is 29.5. The molecule has 0 aliphatic rings. The molecule has 0 aromatic heterocycles. The summed E-state index contributed by atoms with van der Waals surface area (Å²) in [4.78, 5) is 26.1. The summed E-state index contributed by atoms with van der Waals surface area (Å²) in [5.41, 5.74) is 0. The summed E-state index contributed by atoms with van der Waals surface area (Å²) in [5.74, 6) is -0.536. The van der Waals surface area contributed by atoms with Crippen LogP contribution in [0, 0.1) is 0 Å². The molecule has 346 valence electrons. The number of unbranched alkanes of at least 4 members (excludes halogenated alkanes) is 22. The second-order valence-corrected chi connectivity index (χ2v) is 16.9. The number of hydrogen-bond acceptors (Lipinski definition) is 5. The number of aliphatic hydroxyl groups is 2. The van der Waals surface area contributed by atoms with Gasteiger partial charge in [0.05, 0.1) is 25.2 Å². The maximum Gasteiger partial charge on any atom is 0.306 e. The first kappa shape index (κ1) is 57.3. The summed E-state index contributed by atoms with van der Waals surface area (Å²) in [5, 5.41) is 23.7. The second kappa shape index (κ2) is 47.4. The number of allylic oxidation sites excluding steroid dienone is 12. The lowest BCUT2D eigenvalue weighted by Gasteiger charge is -2.24. The Morgan fingerprint density at radius 3 is 1.52 bits per heavy atom. The zero-order valence-electron chi connectivity index (χ0n) is 39.3. The highest BCUT2D eigenvalue weighted by molar-refractivity contribution is 5.77. The minimum Gasteiger partial charge on any atom is -0.462 e. The summed E-state index contributed by atoms with van der Waals surface area (Å²) in [6.45, 7) is 6.33. The summed E-state index contributed by atoms with van der Waals surface area (Å²) < 4.78 is 5.90. The van der Waals surface area contributed by atoms with Gasteiger partial charge in [0, 0.05) is 6.42 Å². The molecular formula is C54H95NO5. The van der Waals surface area contributed by atoms with Gasteiger partial charge in [-0.1, -0.05) is 209 Å². The molecule has 0 heterocycles. The van der Waals surface area contributed by atoms with Crippen LogP contribution in [-0.4, -0.2) is 46.9 Å². The largest absolute Gasteiger partial charge is 0.462 e. The lowest BCUT2D eigenvalue weighted by atomic mass is 10.0. The Morgan fingerprint density at radius 1 is 0.517 bits per heavy atom. The highest BCUT2D eigenvalue weighted by atomic mass is 16.5. The molecule has 60 heavy (non-hydrogen) atoms. The fraction of sp³-hybridized carbons (Fsp3) is 0.741. The van der Waals surface area contributed by atoms with Crippen molar-refractivity contribution in [3.8, 4) is 0 Å². The van der Waals surface area contributed by atoms with E-state index in [4.69, 9.17) is 4.74 Å². The zero-order chi connectivity index (χ0) is 43.8. The molecule has 0 aliphatic carbocycles. The molecule has 6 nitrogen and oxygen atoms in total. The van der Waals surface area contributed by atoms with Gasteiger partial charge in [0.2, 0.25) is 5.91 Å². The van der Waals surface area contributed by atoms with Crippen LogP contribution in [0.2, 0.25) is 0 Å². The molecule has 0 aliphatic heterocycles. The van der Waals surface area contributed by atoms with E-state index >= 15 is 0 Å². The van der Waals surface area contributed by atoms with Crippen LogP contribution in [-0.2, 0) is 14.3 Å². The van der Waals surface area contributed by atoms with Crippen molar-refractivity contribution in [1.29, 1.82) is 0 Å². The van der Waals surface area contributed by atoms with E-state index in [1.165, 1.54) is 83.5 Å². The van der Waals surface area contributed by atoms with Crippen LogP contribution in [0.4, 0.5) is 0 Å². The van der Waals surface area contributed by atoms with Gasteiger partial charge >= 0.3 is 5.97 Å². The van der Waals surface area contributed by atoms with Crippen molar-refractivity contribution in [2.45, 2.75) is 251 Å². The van der Waals surface area contributed by atoms with Crippen LogP contribution in [0.15, 0.2) is 72.9 Å². The number of esters is 1. The normalized spacial score (nSPS) is 13.9. The fourth-order valence-electron chi connectivity index (χ4n) is 7.27. The van der Waals surface area contributed by atoms with Gasteiger partial charge in [-0.3, -0.25) is 9.59 Å². The lowest BCUT2D eigenvalue weighted by molar-refractivity contribution is -0.151. The minimum absolute atomic E-state index is 0.0430. The predicted octanol–water partition coefficient (Wildman–Crippen LogP) is 15.0. The van der Waals surface area contributed by atoms with E-state index in [1.807, 2.05) is 0 Å². The van der Waals surface area contributed by atoms with Gasteiger partial charge in [-0.2, -0.15) is 0 Å². The van der Waals surface area contributed by atoms with Crippen LogP contribution in [0.3, 0.4) is 0 Å². The van der Waals surface area contributed by atoms with Crippen molar-refractivity contribution < 1.29 is 24.5 Å². The molecule has 0 aromatic rings. The van der Waals surface area contributed by atoms with Crippen LogP contribution in [0.5, 0.6) is 0 Å². The topological polar surface area (TPSA) is 95.9 Å². The summed E-state index contributed by atoms with van der Waals surface area (Å²) in [6, 6.07) is -0.719. The van der Waals surface area contributed by atoms with Gasteiger partial charge < -0.3 is 20.3 Å². The third kappa shape index (κ3) is 42.0. The van der Waals surface area contributed by atoms with Crippen LogP contribution in [0.25, 0.3) is 0 Å². The van der Waals surface area contributed by atoms with E-state index in [-0.39, 0.29) is 24.9 Å². The average molecular weight is 838 g/mol. The number of hydrogen-bond donors (Lipinski definition) is 3. The molecule has 3 unspecified atom stereocenters. The van der Waals surface area contributed by atoms with E-state index in [1.54, 1.807) is 0 Å². The Balaban J connectivity index is 4.72. The molecule has 1 amide bonds. The molecule has 0 bridgehead atoms. The number of ether oxygens (including phenoxy) is 1. The van der Waals surface area contributed by atoms with Crippen molar-refractivity contribution in [2.75, 3.05) is 6.61 Å². The standard InChI is InChI=1S/C54H95NO5/c1-4-7-10-13-16-19-22-24-26-27-28-31-33-36-39-42-45-50(60-54(59)47-44-41-38-35-32-29-25-23-20-17-14-11-8-5-2)48-53(58)55-51(49-56)52(57)46-43-40-37-34-30-21-18-15-12-9-6-3/h8,11,17,20,22,24-29,31,50-52,56-57H,4-7,9-10,12-16,18-19,21,23,30,32-49H2,1-3H3,(H,55,58)/b11-8+,20-17+,24-22+,27-26+,29-25+,31-28+. The molecular weight excluding hydrogens is 743 g/mol. The van der Waals surface area contributed by atoms with Crippen LogP contribution in [0.1, 0.15) is 233 Å². The minimum atomic E-state index is -0.803. The number of aliphatic hydroxyl groups excluding tert-OH is 2. The van der Waals surface area contributed by atoms with E-state index in [2.05, 4.69) is 99.0 Å². The number of carbonyl (C=O) groups is 2. The number of nitrogens with one attached hydrogen (secondary N) is 1. The molecule has 0 saturated carbocycles. The van der Waals surface area contributed by atoms with Crippen molar-refractivity contribution in [3.63, 3.8) is 0 Å². The zero-order valence-corrected chi connectivity index (χ0v) is 39.3. The first-order valence-electron chi connectivity index (χ1n) is 25.2. The van der Waals surface area contributed by atoms with Gasteiger partial charge in [-0.05, 0) is 83.5 Å². The van der Waals surface area contributed by atoms with E-state index in [0.29, 0.717) is 19.3 Å². The lowest BCUT2D eigenvalue weighted by Crippen LogP contribution is -2.46.